The highest BCUT2D eigenvalue weighted by molar-refractivity contribution is 7.71. The third kappa shape index (κ3) is 4.55. The summed E-state index contributed by atoms with van der Waals surface area (Å²) in [5.41, 5.74) is 2.65. The Balaban J connectivity index is 1.87. The molecule has 0 aliphatic carbocycles. The minimum atomic E-state index is 0.539. The average Bonchev–Trinajstić information content (AvgIpc) is 2.85. The fraction of sp³-hybridized carbons (Fsp3) is 0.444. The van der Waals surface area contributed by atoms with Gasteiger partial charge >= 0.3 is 0 Å². The molecule has 0 bridgehead atoms. The van der Waals surface area contributed by atoms with Gasteiger partial charge in [0.1, 0.15) is 11.6 Å². The summed E-state index contributed by atoms with van der Waals surface area (Å²) in [6.07, 6.45) is 3.54. The average molecular weight is 331 g/mol. The smallest absolute Gasteiger partial charge is 0.195 e. The molecule has 0 amide bonds. The number of rotatable bonds is 8. The van der Waals surface area contributed by atoms with E-state index in [2.05, 4.69) is 55.7 Å². The van der Waals surface area contributed by atoms with Gasteiger partial charge in [-0.1, -0.05) is 26.0 Å². The molecular weight excluding hydrogens is 306 g/mol. The van der Waals surface area contributed by atoms with Crippen LogP contribution in [-0.4, -0.2) is 21.4 Å². The number of nitrogens with zero attached hydrogens (tertiary/aromatic N) is 2. The predicted octanol–water partition coefficient (Wildman–Crippen LogP) is 4.57. The highest BCUT2D eigenvalue weighted by atomic mass is 32.1. The molecule has 1 N–H and O–H groups in total. The van der Waals surface area contributed by atoms with Gasteiger partial charge in [-0.15, -0.1) is 6.58 Å². The van der Waals surface area contributed by atoms with Crippen molar-refractivity contribution in [2.24, 2.45) is 0 Å². The molecule has 0 fully saturated rings. The molecule has 0 aliphatic rings. The maximum absolute atomic E-state index is 5.86. The number of ether oxygens (including phenoxy) is 1. The van der Waals surface area contributed by atoms with Crippen LogP contribution in [0.3, 0.4) is 0 Å². The molecule has 0 unspecified atom stereocenters. The summed E-state index contributed by atoms with van der Waals surface area (Å²) in [6.45, 7) is 11.6. The molecule has 1 heterocycles. The van der Waals surface area contributed by atoms with Gasteiger partial charge in [-0.3, -0.25) is 5.10 Å². The first kappa shape index (κ1) is 17.5. The summed E-state index contributed by atoms with van der Waals surface area (Å²) >= 11 is 5.21. The van der Waals surface area contributed by atoms with Crippen LogP contribution >= 0.6 is 12.2 Å². The second-order valence-corrected chi connectivity index (χ2v) is 6.36. The zero-order valence-corrected chi connectivity index (χ0v) is 14.9. The fourth-order valence-electron chi connectivity index (χ4n) is 2.66. The monoisotopic (exact) mass is 331 g/mol. The number of nitrogens with one attached hydrogen (secondary N) is 1. The van der Waals surface area contributed by atoms with E-state index in [9.17, 15) is 0 Å². The molecule has 0 aliphatic heterocycles. The van der Waals surface area contributed by atoms with Crippen molar-refractivity contribution >= 4 is 12.2 Å². The van der Waals surface area contributed by atoms with Crippen LogP contribution in [0.1, 0.15) is 43.1 Å². The van der Waals surface area contributed by atoms with Crippen LogP contribution in [0.2, 0.25) is 0 Å². The second kappa shape index (κ2) is 8.11. The van der Waals surface area contributed by atoms with Crippen molar-refractivity contribution < 1.29 is 4.74 Å². The molecule has 0 radical (unpaired) electrons. The number of aromatic nitrogens is 3. The standard InChI is InChI=1S/C18H25N3OS/c1-5-10-21-17(19-20-18(21)23)7-6-11-22-15-8-9-16(13(2)3)14(4)12-15/h5,8-9,12-13H,1,6-7,10-11H2,2-4H3,(H,20,23). The topological polar surface area (TPSA) is 42.8 Å². The molecule has 2 aromatic rings. The number of hydrogen-bond donors (Lipinski definition) is 1. The van der Waals surface area contributed by atoms with Gasteiger partial charge in [0.05, 0.1) is 6.61 Å². The largest absolute Gasteiger partial charge is 0.494 e. The van der Waals surface area contributed by atoms with Gasteiger partial charge in [-0.2, -0.15) is 5.10 Å². The van der Waals surface area contributed by atoms with Crippen molar-refractivity contribution in [3.05, 3.63) is 52.6 Å². The number of benzene rings is 1. The van der Waals surface area contributed by atoms with Crippen LogP contribution in [0, 0.1) is 11.7 Å². The Morgan fingerprint density at radius 1 is 1.43 bits per heavy atom. The minimum Gasteiger partial charge on any atom is -0.494 e. The van der Waals surface area contributed by atoms with E-state index >= 15 is 0 Å². The summed E-state index contributed by atoms with van der Waals surface area (Å²) in [5.74, 6) is 2.42. The molecule has 0 saturated carbocycles. The molecule has 4 nitrogen and oxygen atoms in total. The van der Waals surface area contributed by atoms with Crippen molar-refractivity contribution in [2.45, 2.75) is 46.1 Å². The van der Waals surface area contributed by atoms with Gasteiger partial charge in [-0.25, -0.2) is 0 Å². The molecular formula is C18H25N3OS. The van der Waals surface area contributed by atoms with Gasteiger partial charge in [0.25, 0.3) is 0 Å². The van der Waals surface area contributed by atoms with Crippen LogP contribution in [0.15, 0.2) is 30.9 Å². The first-order valence-corrected chi connectivity index (χ1v) is 8.42. The zero-order chi connectivity index (χ0) is 16.8. The van der Waals surface area contributed by atoms with E-state index in [1.807, 2.05) is 10.6 Å². The molecule has 0 atom stereocenters. The molecule has 0 spiro atoms. The maximum atomic E-state index is 5.86. The number of H-pyrrole nitrogens is 1. The number of hydrogen-bond acceptors (Lipinski definition) is 3. The predicted molar refractivity (Wildman–Crippen MR) is 96.7 cm³/mol. The van der Waals surface area contributed by atoms with Crippen molar-refractivity contribution in [1.82, 2.24) is 14.8 Å². The Bertz CT molecular complexity index is 715. The van der Waals surface area contributed by atoms with Crippen molar-refractivity contribution in [3.8, 4) is 5.75 Å². The number of aryl methyl sites for hydroxylation is 2. The Kier molecular flexibility index (Phi) is 6.16. The quantitative estimate of drug-likeness (QED) is 0.438. The normalized spacial score (nSPS) is 11.0. The highest BCUT2D eigenvalue weighted by Crippen LogP contribution is 2.23. The van der Waals surface area contributed by atoms with Gasteiger partial charge < -0.3 is 9.30 Å². The third-order valence-electron chi connectivity index (χ3n) is 3.83. The van der Waals surface area contributed by atoms with Gasteiger partial charge in [0, 0.05) is 13.0 Å². The minimum absolute atomic E-state index is 0.539. The molecule has 1 aromatic carbocycles. The first-order chi connectivity index (χ1) is 11.0. The van der Waals surface area contributed by atoms with Crippen LogP contribution in [0.5, 0.6) is 5.75 Å². The first-order valence-electron chi connectivity index (χ1n) is 8.01. The molecule has 23 heavy (non-hydrogen) atoms. The summed E-state index contributed by atoms with van der Waals surface area (Å²) in [6, 6.07) is 6.32. The van der Waals surface area contributed by atoms with Crippen LogP contribution < -0.4 is 4.74 Å². The van der Waals surface area contributed by atoms with Crippen LogP contribution in [-0.2, 0) is 13.0 Å². The second-order valence-electron chi connectivity index (χ2n) is 5.97. The maximum Gasteiger partial charge on any atom is 0.195 e. The third-order valence-corrected chi connectivity index (χ3v) is 4.14. The fourth-order valence-corrected chi connectivity index (χ4v) is 2.89. The lowest BCUT2D eigenvalue weighted by Gasteiger charge is -2.12. The van der Waals surface area contributed by atoms with E-state index in [1.54, 1.807) is 0 Å². The van der Waals surface area contributed by atoms with Crippen molar-refractivity contribution in [1.29, 1.82) is 0 Å². The van der Waals surface area contributed by atoms with E-state index in [1.165, 1.54) is 11.1 Å². The van der Waals surface area contributed by atoms with Gasteiger partial charge in [0.2, 0.25) is 0 Å². The Morgan fingerprint density at radius 2 is 2.22 bits per heavy atom. The van der Waals surface area contributed by atoms with E-state index in [-0.39, 0.29) is 0 Å². The zero-order valence-electron chi connectivity index (χ0n) is 14.1. The van der Waals surface area contributed by atoms with E-state index in [4.69, 9.17) is 17.0 Å². The van der Waals surface area contributed by atoms with Gasteiger partial charge in [0.15, 0.2) is 4.77 Å². The summed E-state index contributed by atoms with van der Waals surface area (Å²) < 4.78 is 8.46. The lowest BCUT2D eigenvalue weighted by Crippen LogP contribution is -2.06. The van der Waals surface area contributed by atoms with Crippen LogP contribution in [0.25, 0.3) is 0 Å². The van der Waals surface area contributed by atoms with E-state index < -0.39 is 0 Å². The highest BCUT2D eigenvalue weighted by Gasteiger charge is 2.06. The van der Waals surface area contributed by atoms with Crippen molar-refractivity contribution in [3.63, 3.8) is 0 Å². The summed E-state index contributed by atoms with van der Waals surface area (Å²) in [7, 11) is 0. The molecule has 1 aromatic heterocycles. The summed E-state index contributed by atoms with van der Waals surface area (Å²) in [5, 5.41) is 7.10. The van der Waals surface area contributed by atoms with Crippen molar-refractivity contribution in [2.75, 3.05) is 6.61 Å². The van der Waals surface area contributed by atoms with E-state index in [0.29, 0.717) is 23.8 Å². The molecule has 5 heteroatoms. The Morgan fingerprint density at radius 3 is 2.87 bits per heavy atom. The lowest BCUT2D eigenvalue weighted by molar-refractivity contribution is 0.309. The van der Waals surface area contributed by atoms with Crippen LogP contribution in [0.4, 0.5) is 0 Å². The number of aromatic amines is 1. The Hall–Kier alpha value is -1.88. The van der Waals surface area contributed by atoms with E-state index in [0.717, 1.165) is 24.4 Å². The Labute approximate surface area is 143 Å². The number of allylic oxidation sites excluding steroid dienone is 1. The lowest BCUT2D eigenvalue weighted by atomic mass is 9.98. The SMILES string of the molecule is C=CCn1c(CCCOc2ccc(C(C)C)c(C)c2)n[nH]c1=S. The summed E-state index contributed by atoms with van der Waals surface area (Å²) in [4.78, 5) is 0. The molecule has 2 rings (SSSR count). The molecule has 0 saturated heterocycles. The molecule has 124 valence electrons. The van der Waals surface area contributed by atoms with Gasteiger partial charge in [-0.05, 0) is 54.7 Å².